The largest absolute Gasteiger partial charge is 0.333 e. The van der Waals surface area contributed by atoms with Crippen molar-refractivity contribution in [1.82, 2.24) is 10.6 Å². The molecule has 1 aliphatic rings. The van der Waals surface area contributed by atoms with Crippen molar-refractivity contribution in [3.05, 3.63) is 95.6 Å². The molecule has 0 saturated carbocycles. The van der Waals surface area contributed by atoms with Gasteiger partial charge < -0.3 is 5.32 Å². The van der Waals surface area contributed by atoms with Gasteiger partial charge in [0, 0.05) is 12.1 Å². The number of hydrogen-bond acceptors (Lipinski definition) is 2. The molecule has 1 amide bonds. The third kappa shape index (κ3) is 2.70. The lowest BCUT2D eigenvalue weighted by molar-refractivity contribution is 0.0932. The maximum Gasteiger partial charge on any atom is 0.253 e. The topological polar surface area (TPSA) is 41.1 Å². The first-order valence-corrected chi connectivity index (χ1v) is 8.09. The highest BCUT2D eigenvalue weighted by molar-refractivity contribution is 6.01. The summed E-state index contributed by atoms with van der Waals surface area (Å²) in [5, 5.41) is 6.46. The highest BCUT2D eigenvalue weighted by Gasteiger charge is 2.24. The number of carbonyl (C=O) groups is 1. The fraction of sp³-hybridized carbons (Fsp3) is 0.0952. The van der Waals surface area contributed by atoms with Crippen molar-refractivity contribution in [2.75, 3.05) is 0 Å². The third-order valence-corrected chi connectivity index (χ3v) is 4.39. The Kier molecular flexibility index (Phi) is 3.85. The Balaban J connectivity index is 1.63. The lowest BCUT2D eigenvalue weighted by Crippen LogP contribution is -2.34. The van der Waals surface area contributed by atoms with Crippen LogP contribution in [0.3, 0.4) is 0 Å². The van der Waals surface area contributed by atoms with E-state index in [1.165, 1.54) is 5.56 Å². The van der Waals surface area contributed by atoms with Gasteiger partial charge in [-0.2, -0.15) is 0 Å². The standard InChI is InChI=1S/C21H18N2O/c24-21(23-20-18-12-5-4-10-16(18)14-22-20)19-13-7-6-11-17(19)15-8-2-1-3-9-15/h1-13,20,22H,14H2,(H,23,24). The molecular weight excluding hydrogens is 296 g/mol. The lowest BCUT2D eigenvalue weighted by atomic mass is 9.99. The predicted octanol–water partition coefficient (Wildman–Crippen LogP) is 3.89. The third-order valence-electron chi connectivity index (χ3n) is 4.39. The second-order valence-electron chi connectivity index (χ2n) is 5.90. The highest BCUT2D eigenvalue weighted by Crippen LogP contribution is 2.26. The molecule has 3 aromatic carbocycles. The monoisotopic (exact) mass is 314 g/mol. The maximum atomic E-state index is 12.9. The van der Waals surface area contributed by atoms with Crippen LogP contribution in [0.25, 0.3) is 11.1 Å². The summed E-state index contributed by atoms with van der Waals surface area (Å²) >= 11 is 0. The van der Waals surface area contributed by atoms with E-state index in [2.05, 4.69) is 22.8 Å². The molecule has 3 nitrogen and oxygen atoms in total. The SMILES string of the molecule is O=C(NC1NCc2ccccc21)c1ccccc1-c1ccccc1. The van der Waals surface area contributed by atoms with E-state index in [1.54, 1.807) is 0 Å². The molecule has 3 aromatic rings. The minimum atomic E-state index is -0.141. The van der Waals surface area contributed by atoms with Gasteiger partial charge in [0.1, 0.15) is 6.17 Å². The Labute approximate surface area is 141 Å². The van der Waals surface area contributed by atoms with Crippen molar-refractivity contribution in [3.63, 3.8) is 0 Å². The van der Waals surface area contributed by atoms with Gasteiger partial charge in [-0.1, -0.05) is 72.8 Å². The Morgan fingerprint density at radius 3 is 2.46 bits per heavy atom. The molecule has 1 aliphatic heterocycles. The van der Waals surface area contributed by atoms with Gasteiger partial charge in [-0.25, -0.2) is 0 Å². The van der Waals surface area contributed by atoms with Crippen LogP contribution in [0, 0.1) is 0 Å². The van der Waals surface area contributed by atoms with E-state index >= 15 is 0 Å². The molecule has 2 N–H and O–H groups in total. The van der Waals surface area contributed by atoms with Crippen molar-refractivity contribution in [1.29, 1.82) is 0 Å². The summed E-state index contributed by atoms with van der Waals surface area (Å²) in [4.78, 5) is 12.9. The van der Waals surface area contributed by atoms with Crippen LogP contribution < -0.4 is 10.6 Å². The summed E-state index contributed by atoms with van der Waals surface area (Å²) in [6, 6.07) is 25.9. The summed E-state index contributed by atoms with van der Waals surface area (Å²) in [6.07, 6.45) is -0.141. The van der Waals surface area contributed by atoms with Crippen LogP contribution in [0.4, 0.5) is 0 Å². The minimum absolute atomic E-state index is 0.0661. The second-order valence-corrected chi connectivity index (χ2v) is 5.90. The Morgan fingerprint density at radius 1 is 0.875 bits per heavy atom. The molecule has 0 spiro atoms. The smallest absolute Gasteiger partial charge is 0.253 e. The molecule has 4 rings (SSSR count). The molecule has 118 valence electrons. The molecule has 24 heavy (non-hydrogen) atoms. The maximum absolute atomic E-state index is 12.9. The average Bonchev–Trinajstić information content (AvgIpc) is 3.05. The highest BCUT2D eigenvalue weighted by atomic mass is 16.1. The van der Waals surface area contributed by atoms with Gasteiger partial charge in [0.25, 0.3) is 5.91 Å². The number of hydrogen-bond donors (Lipinski definition) is 2. The van der Waals surface area contributed by atoms with Gasteiger partial charge in [-0.15, -0.1) is 0 Å². The first-order valence-electron chi connectivity index (χ1n) is 8.09. The van der Waals surface area contributed by atoms with Crippen LogP contribution in [0.5, 0.6) is 0 Å². The normalized spacial score (nSPS) is 15.8. The van der Waals surface area contributed by atoms with Gasteiger partial charge in [-0.05, 0) is 28.3 Å². The molecule has 1 atom stereocenters. The summed E-state index contributed by atoms with van der Waals surface area (Å²) in [6.45, 7) is 0.779. The fourth-order valence-electron chi connectivity index (χ4n) is 3.19. The summed E-state index contributed by atoms with van der Waals surface area (Å²) in [7, 11) is 0. The number of fused-ring (bicyclic) bond motifs is 1. The van der Waals surface area contributed by atoms with Crippen molar-refractivity contribution in [2.24, 2.45) is 0 Å². The zero-order chi connectivity index (χ0) is 16.4. The molecular formula is C21H18N2O. The van der Waals surface area contributed by atoms with E-state index in [-0.39, 0.29) is 12.1 Å². The van der Waals surface area contributed by atoms with E-state index < -0.39 is 0 Å². The van der Waals surface area contributed by atoms with Gasteiger partial charge in [0.15, 0.2) is 0 Å². The summed E-state index contributed by atoms with van der Waals surface area (Å²) < 4.78 is 0. The van der Waals surface area contributed by atoms with Crippen LogP contribution in [0.2, 0.25) is 0 Å². The second kappa shape index (κ2) is 6.30. The number of amides is 1. The van der Waals surface area contributed by atoms with Crippen LogP contribution in [-0.4, -0.2) is 5.91 Å². The number of nitrogens with one attached hydrogen (secondary N) is 2. The number of carbonyl (C=O) groups excluding carboxylic acids is 1. The van der Waals surface area contributed by atoms with Crippen LogP contribution in [0.1, 0.15) is 27.7 Å². The van der Waals surface area contributed by atoms with Gasteiger partial charge in [-0.3, -0.25) is 10.1 Å². The van der Waals surface area contributed by atoms with Crippen LogP contribution in [-0.2, 0) is 6.54 Å². The lowest BCUT2D eigenvalue weighted by Gasteiger charge is -2.16. The van der Waals surface area contributed by atoms with Gasteiger partial charge in [0.2, 0.25) is 0 Å². The van der Waals surface area contributed by atoms with E-state index in [1.807, 2.05) is 66.7 Å². The molecule has 1 unspecified atom stereocenters. The summed E-state index contributed by atoms with van der Waals surface area (Å²) in [5.41, 5.74) is 5.06. The Morgan fingerprint density at radius 2 is 1.58 bits per heavy atom. The molecule has 0 bridgehead atoms. The molecule has 3 heteroatoms. The quantitative estimate of drug-likeness (QED) is 0.770. The summed E-state index contributed by atoms with van der Waals surface area (Å²) in [5.74, 6) is -0.0661. The minimum Gasteiger partial charge on any atom is -0.333 e. The average molecular weight is 314 g/mol. The fourth-order valence-corrected chi connectivity index (χ4v) is 3.19. The molecule has 0 saturated heterocycles. The first kappa shape index (κ1) is 14.7. The van der Waals surface area contributed by atoms with E-state index in [9.17, 15) is 4.79 Å². The predicted molar refractivity (Wildman–Crippen MR) is 95.4 cm³/mol. The van der Waals surface area contributed by atoms with E-state index in [4.69, 9.17) is 0 Å². The number of benzene rings is 3. The molecule has 0 aliphatic carbocycles. The Bertz CT molecular complexity index is 874. The van der Waals surface area contributed by atoms with Crippen LogP contribution in [0.15, 0.2) is 78.9 Å². The molecule has 0 aromatic heterocycles. The molecule has 1 heterocycles. The first-order chi connectivity index (χ1) is 11.8. The van der Waals surface area contributed by atoms with Crippen molar-refractivity contribution in [3.8, 4) is 11.1 Å². The van der Waals surface area contributed by atoms with E-state index in [0.717, 1.165) is 23.2 Å². The molecule has 0 radical (unpaired) electrons. The number of rotatable bonds is 3. The van der Waals surface area contributed by atoms with Gasteiger partial charge in [0.05, 0.1) is 0 Å². The van der Waals surface area contributed by atoms with E-state index in [0.29, 0.717) is 5.56 Å². The van der Waals surface area contributed by atoms with Crippen molar-refractivity contribution >= 4 is 5.91 Å². The van der Waals surface area contributed by atoms with Gasteiger partial charge >= 0.3 is 0 Å². The van der Waals surface area contributed by atoms with Crippen molar-refractivity contribution < 1.29 is 4.79 Å². The zero-order valence-corrected chi connectivity index (χ0v) is 13.2. The molecule has 0 fully saturated rings. The van der Waals surface area contributed by atoms with Crippen LogP contribution >= 0.6 is 0 Å². The Hall–Kier alpha value is -2.91. The van der Waals surface area contributed by atoms with Crippen molar-refractivity contribution in [2.45, 2.75) is 12.7 Å². The zero-order valence-electron chi connectivity index (χ0n) is 13.2.